The summed E-state index contributed by atoms with van der Waals surface area (Å²) < 4.78 is 0. The largest absolute Gasteiger partial charge is 0.271 e. The number of carbonyl (C=O) groups excluding carboxylic acids is 1. The Hall–Kier alpha value is -3.09. The second-order valence-electron chi connectivity index (χ2n) is 4.27. The molecule has 3 rings (SSSR count). The van der Waals surface area contributed by atoms with Gasteiger partial charge in [0.15, 0.2) is 0 Å². The van der Waals surface area contributed by atoms with E-state index in [1.165, 1.54) is 11.0 Å². The van der Waals surface area contributed by atoms with E-state index in [0.29, 0.717) is 5.69 Å². The lowest BCUT2D eigenvalue weighted by atomic mass is 10.3. The number of nitrogens with zero attached hydrogens (tertiary/aromatic N) is 5. The predicted octanol–water partition coefficient (Wildman–Crippen LogP) is 0.977. The van der Waals surface area contributed by atoms with Crippen LogP contribution in [0.5, 0.6) is 0 Å². The molecule has 2 heterocycles. The lowest BCUT2D eigenvalue weighted by Gasteiger charge is -1.98. The summed E-state index contributed by atoms with van der Waals surface area (Å²) in [6.07, 6.45) is 3.13. The predicted molar refractivity (Wildman–Crippen MR) is 77.5 cm³/mol. The third-order valence-electron chi connectivity index (χ3n) is 2.69. The Balaban J connectivity index is 1.60. The molecule has 7 nitrogen and oxygen atoms in total. The number of fused-ring (bicyclic) bond motifs is 1. The van der Waals surface area contributed by atoms with Crippen molar-refractivity contribution < 1.29 is 4.79 Å². The Morgan fingerprint density at radius 1 is 1.14 bits per heavy atom. The van der Waals surface area contributed by atoms with Crippen molar-refractivity contribution in [2.24, 2.45) is 5.10 Å². The SMILES string of the molecule is O=C(Cn1nc2ccccc2n1)NN=Cc1ccccn1. The number of hydrogen-bond donors (Lipinski definition) is 1. The van der Waals surface area contributed by atoms with Gasteiger partial charge >= 0.3 is 0 Å². The summed E-state index contributed by atoms with van der Waals surface area (Å²) in [5.41, 5.74) is 4.59. The van der Waals surface area contributed by atoms with E-state index in [2.05, 4.69) is 25.7 Å². The molecule has 0 aliphatic rings. The van der Waals surface area contributed by atoms with Crippen molar-refractivity contribution in [1.82, 2.24) is 25.4 Å². The maximum absolute atomic E-state index is 11.7. The summed E-state index contributed by atoms with van der Waals surface area (Å²) in [6.45, 7) is 0.00817. The third-order valence-corrected chi connectivity index (χ3v) is 2.69. The highest BCUT2D eigenvalue weighted by molar-refractivity contribution is 5.80. The monoisotopic (exact) mass is 280 g/mol. The topological polar surface area (TPSA) is 85.1 Å². The number of rotatable bonds is 4. The van der Waals surface area contributed by atoms with Gasteiger partial charge in [0.1, 0.15) is 17.6 Å². The van der Waals surface area contributed by atoms with Crippen molar-refractivity contribution in [1.29, 1.82) is 0 Å². The second kappa shape index (κ2) is 5.91. The molecule has 1 N–H and O–H groups in total. The van der Waals surface area contributed by atoms with Gasteiger partial charge in [0.2, 0.25) is 0 Å². The van der Waals surface area contributed by atoms with Gasteiger partial charge in [-0.05, 0) is 24.3 Å². The lowest BCUT2D eigenvalue weighted by Crippen LogP contribution is -2.24. The smallest absolute Gasteiger partial charge is 0.263 e. The fraction of sp³-hybridized carbons (Fsp3) is 0.0714. The number of pyridine rings is 1. The van der Waals surface area contributed by atoms with Crippen molar-refractivity contribution in [3.63, 3.8) is 0 Å². The quantitative estimate of drug-likeness (QED) is 0.570. The molecule has 0 bridgehead atoms. The molecule has 1 aromatic carbocycles. The lowest BCUT2D eigenvalue weighted by molar-refractivity contribution is -0.122. The zero-order valence-electron chi connectivity index (χ0n) is 11.0. The van der Waals surface area contributed by atoms with Crippen LogP contribution in [0.3, 0.4) is 0 Å². The van der Waals surface area contributed by atoms with Crippen molar-refractivity contribution in [2.75, 3.05) is 0 Å². The first kappa shape index (κ1) is 12.9. The van der Waals surface area contributed by atoms with Crippen LogP contribution in [0.15, 0.2) is 53.8 Å². The molecule has 0 spiro atoms. The molecular weight excluding hydrogens is 268 g/mol. The van der Waals surface area contributed by atoms with Gasteiger partial charge in [-0.1, -0.05) is 18.2 Å². The van der Waals surface area contributed by atoms with Crippen LogP contribution in [0.2, 0.25) is 0 Å². The number of nitrogens with one attached hydrogen (secondary N) is 1. The average Bonchev–Trinajstić information content (AvgIpc) is 2.90. The molecule has 0 aliphatic carbocycles. The van der Waals surface area contributed by atoms with Crippen LogP contribution in [-0.2, 0) is 11.3 Å². The molecule has 0 fully saturated rings. The molecule has 0 saturated heterocycles. The van der Waals surface area contributed by atoms with E-state index in [1.54, 1.807) is 12.3 Å². The van der Waals surface area contributed by atoms with E-state index in [9.17, 15) is 4.79 Å². The number of benzene rings is 1. The maximum Gasteiger partial charge on any atom is 0.263 e. The second-order valence-corrected chi connectivity index (χ2v) is 4.27. The number of hydrazone groups is 1. The zero-order valence-corrected chi connectivity index (χ0v) is 11.0. The molecule has 7 heteroatoms. The van der Waals surface area contributed by atoms with Crippen LogP contribution in [0.25, 0.3) is 11.0 Å². The third kappa shape index (κ3) is 3.27. The maximum atomic E-state index is 11.7. The van der Waals surface area contributed by atoms with E-state index < -0.39 is 0 Å². The zero-order chi connectivity index (χ0) is 14.5. The minimum absolute atomic E-state index is 0.00817. The van der Waals surface area contributed by atoms with Crippen LogP contribution < -0.4 is 5.43 Å². The first-order valence-electron chi connectivity index (χ1n) is 6.34. The number of carbonyl (C=O) groups is 1. The molecule has 2 aromatic heterocycles. The van der Waals surface area contributed by atoms with Crippen LogP contribution in [0.4, 0.5) is 0 Å². The fourth-order valence-corrected chi connectivity index (χ4v) is 1.76. The van der Waals surface area contributed by atoms with E-state index in [4.69, 9.17) is 0 Å². The minimum atomic E-state index is -0.303. The minimum Gasteiger partial charge on any atom is -0.271 e. The highest BCUT2D eigenvalue weighted by Gasteiger charge is 2.05. The van der Waals surface area contributed by atoms with E-state index in [0.717, 1.165) is 11.0 Å². The van der Waals surface area contributed by atoms with Crippen molar-refractivity contribution in [2.45, 2.75) is 6.54 Å². The Morgan fingerprint density at radius 2 is 1.86 bits per heavy atom. The summed E-state index contributed by atoms with van der Waals surface area (Å²) in [5, 5.41) is 12.2. The van der Waals surface area contributed by atoms with Crippen LogP contribution in [0.1, 0.15) is 5.69 Å². The molecular formula is C14H12N6O. The van der Waals surface area contributed by atoms with Crippen molar-refractivity contribution >= 4 is 23.2 Å². The highest BCUT2D eigenvalue weighted by Crippen LogP contribution is 2.06. The first-order valence-corrected chi connectivity index (χ1v) is 6.34. The van der Waals surface area contributed by atoms with Crippen LogP contribution in [0, 0.1) is 0 Å². The summed E-state index contributed by atoms with van der Waals surface area (Å²) in [6, 6.07) is 12.9. The Morgan fingerprint density at radius 3 is 2.52 bits per heavy atom. The van der Waals surface area contributed by atoms with Gasteiger partial charge in [0.05, 0.1) is 11.9 Å². The molecule has 0 aliphatic heterocycles. The van der Waals surface area contributed by atoms with E-state index in [-0.39, 0.29) is 12.5 Å². The van der Waals surface area contributed by atoms with Gasteiger partial charge in [-0.2, -0.15) is 20.1 Å². The summed E-state index contributed by atoms with van der Waals surface area (Å²) >= 11 is 0. The van der Waals surface area contributed by atoms with E-state index >= 15 is 0 Å². The molecule has 0 saturated carbocycles. The number of amides is 1. The first-order chi connectivity index (χ1) is 10.3. The molecule has 3 aromatic rings. The van der Waals surface area contributed by atoms with E-state index in [1.807, 2.05) is 36.4 Å². The van der Waals surface area contributed by atoms with Gasteiger partial charge in [0.25, 0.3) is 5.91 Å². The molecule has 1 amide bonds. The van der Waals surface area contributed by atoms with Crippen molar-refractivity contribution in [3.05, 3.63) is 54.4 Å². The standard InChI is InChI=1S/C14H12N6O/c21-14(17-16-9-11-5-3-4-8-15-11)10-20-18-12-6-1-2-7-13(12)19-20/h1-9H,10H2,(H,17,21). The van der Waals surface area contributed by atoms with Gasteiger partial charge < -0.3 is 0 Å². The number of aromatic nitrogens is 4. The molecule has 0 radical (unpaired) electrons. The Kier molecular flexibility index (Phi) is 3.64. The molecule has 21 heavy (non-hydrogen) atoms. The Labute approximate surface area is 120 Å². The number of hydrogen-bond acceptors (Lipinski definition) is 5. The van der Waals surface area contributed by atoms with Gasteiger partial charge in [-0.3, -0.25) is 9.78 Å². The molecule has 104 valence electrons. The normalized spacial score (nSPS) is 11.0. The average molecular weight is 280 g/mol. The summed E-state index contributed by atoms with van der Waals surface area (Å²) in [5.74, 6) is -0.303. The van der Waals surface area contributed by atoms with Crippen LogP contribution in [-0.4, -0.2) is 32.1 Å². The Bertz CT molecular complexity index is 747. The van der Waals surface area contributed by atoms with Crippen molar-refractivity contribution in [3.8, 4) is 0 Å². The summed E-state index contributed by atoms with van der Waals surface area (Å²) in [7, 11) is 0. The molecule has 0 unspecified atom stereocenters. The van der Waals surface area contributed by atoms with Gasteiger partial charge in [0, 0.05) is 6.20 Å². The summed E-state index contributed by atoms with van der Waals surface area (Å²) in [4.78, 5) is 17.1. The van der Waals surface area contributed by atoms with Gasteiger partial charge in [-0.15, -0.1) is 0 Å². The highest BCUT2D eigenvalue weighted by atomic mass is 16.2. The van der Waals surface area contributed by atoms with Crippen LogP contribution >= 0.6 is 0 Å². The van der Waals surface area contributed by atoms with Gasteiger partial charge in [-0.25, -0.2) is 5.43 Å². The fourth-order valence-electron chi connectivity index (χ4n) is 1.76. The molecule has 0 atom stereocenters.